The third-order valence-corrected chi connectivity index (χ3v) is 3.23. The Morgan fingerprint density at radius 3 is 2.53 bits per heavy atom. The number of aliphatic hydroxyl groups excluding tert-OH is 1. The van der Waals surface area contributed by atoms with Crippen molar-refractivity contribution >= 4 is 0 Å². The zero-order valence-electron chi connectivity index (χ0n) is 11.9. The van der Waals surface area contributed by atoms with E-state index >= 15 is 0 Å². The van der Waals surface area contributed by atoms with Gasteiger partial charge in [-0.2, -0.15) is 0 Å². The molecule has 1 heterocycles. The Morgan fingerprint density at radius 2 is 1.89 bits per heavy atom. The average Bonchev–Trinajstić information content (AvgIpc) is 2.38. The van der Waals surface area contributed by atoms with Gasteiger partial charge in [0.05, 0.1) is 5.69 Å². The third-order valence-electron chi connectivity index (χ3n) is 3.23. The Balaban J connectivity index is 2.54. The second kappa shape index (κ2) is 5.10. The van der Waals surface area contributed by atoms with Gasteiger partial charge in [-0.05, 0) is 35.6 Å². The van der Waals surface area contributed by atoms with Crippen LogP contribution in [-0.4, -0.2) is 15.1 Å². The van der Waals surface area contributed by atoms with Crippen molar-refractivity contribution in [3.63, 3.8) is 0 Å². The molecule has 1 N–H and O–H groups in total. The van der Waals surface area contributed by atoms with Crippen molar-refractivity contribution in [2.45, 2.75) is 39.7 Å². The summed E-state index contributed by atoms with van der Waals surface area (Å²) in [5, 5.41) is 9.14. The maximum absolute atomic E-state index is 9.14. The first-order chi connectivity index (χ1) is 8.91. The van der Waals surface area contributed by atoms with Gasteiger partial charge in [0, 0.05) is 11.8 Å². The molecule has 1 aromatic heterocycles. The summed E-state index contributed by atoms with van der Waals surface area (Å²) in [5.74, 6) is 0.457. The van der Waals surface area contributed by atoms with Crippen LogP contribution in [0.25, 0.3) is 11.3 Å². The summed E-state index contributed by atoms with van der Waals surface area (Å²) in [4.78, 5) is 8.41. The fourth-order valence-electron chi connectivity index (χ4n) is 1.99. The Bertz CT molecular complexity index is 586. The second-order valence-corrected chi connectivity index (χ2v) is 5.80. The monoisotopic (exact) mass is 256 g/mol. The van der Waals surface area contributed by atoms with E-state index in [1.165, 1.54) is 11.1 Å². The number of aromatic nitrogens is 2. The van der Waals surface area contributed by atoms with Crippen LogP contribution >= 0.6 is 0 Å². The van der Waals surface area contributed by atoms with Gasteiger partial charge in [0.2, 0.25) is 0 Å². The van der Waals surface area contributed by atoms with E-state index in [0.29, 0.717) is 5.82 Å². The van der Waals surface area contributed by atoms with E-state index in [1.807, 2.05) is 6.07 Å². The molecular weight excluding hydrogens is 236 g/mol. The van der Waals surface area contributed by atoms with E-state index < -0.39 is 0 Å². The number of hydrogen-bond acceptors (Lipinski definition) is 3. The van der Waals surface area contributed by atoms with Crippen molar-refractivity contribution in [1.29, 1.82) is 0 Å². The summed E-state index contributed by atoms with van der Waals surface area (Å²) in [6.07, 6.45) is 1.69. The van der Waals surface area contributed by atoms with Crippen LogP contribution in [0.15, 0.2) is 30.5 Å². The van der Waals surface area contributed by atoms with Gasteiger partial charge in [-0.15, -0.1) is 0 Å². The minimum absolute atomic E-state index is 0.106. The maximum Gasteiger partial charge on any atom is 0.154 e. The lowest BCUT2D eigenvalue weighted by Gasteiger charge is -2.20. The molecule has 1 aromatic carbocycles. The lowest BCUT2D eigenvalue weighted by atomic mass is 9.85. The molecule has 19 heavy (non-hydrogen) atoms. The smallest absolute Gasteiger partial charge is 0.154 e. The number of hydrogen-bond donors (Lipinski definition) is 1. The minimum Gasteiger partial charge on any atom is -0.388 e. The van der Waals surface area contributed by atoms with Gasteiger partial charge in [-0.25, -0.2) is 9.97 Å². The summed E-state index contributed by atoms with van der Waals surface area (Å²) in [5.41, 5.74) is 4.52. The van der Waals surface area contributed by atoms with E-state index in [4.69, 9.17) is 5.11 Å². The van der Waals surface area contributed by atoms with E-state index in [-0.39, 0.29) is 12.0 Å². The molecule has 0 fully saturated rings. The highest BCUT2D eigenvalue weighted by molar-refractivity contribution is 5.64. The van der Waals surface area contributed by atoms with Crippen molar-refractivity contribution in [2.75, 3.05) is 0 Å². The molecule has 0 aliphatic rings. The molecule has 0 aliphatic heterocycles. The van der Waals surface area contributed by atoms with Crippen LogP contribution in [0, 0.1) is 6.92 Å². The van der Waals surface area contributed by atoms with Gasteiger partial charge in [0.25, 0.3) is 0 Å². The second-order valence-electron chi connectivity index (χ2n) is 5.80. The molecule has 0 saturated carbocycles. The lowest BCUT2D eigenvalue weighted by molar-refractivity contribution is 0.271. The van der Waals surface area contributed by atoms with Crippen LogP contribution < -0.4 is 0 Å². The van der Waals surface area contributed by atoms with Gasteiger partial charge in [0.15, 0.2) is 5.82 Å². The van der Waals surface area contributed by atoms with Gasteiger partial charge < -0.3 is 5.11 Å². The highest BCUT2D eigenvalue weighted by Gasteiger charge is 2.15. The zero-order chi connectivity index (χ0) is 14.0. The quantitative estimate of drug-likeness (QED) is 0.897. The Hall–Kier alpha value is -1.74. The Morgan fingerprint density at radius 1 is 1.16 bits per heavy atom. The molecule has 0 saturated heterocycles. The molecule has 3 nitrogen and oxygen atoms in total. The molecule has 0 unspecified atom stereocenters. The number of benzene rings is 1. The largest absolute Gasteiger partial charge is 0.388 e. The number of aliphatic hydroxyl groups is 1. The van der Waals surface area contributed by atoms with E-state index in [2.05, 4.69) is 55.9 Å². The standard InChI is InChI=1S/C16H20N2O/c1-11-5-6-12(16(2,3)4)9-13(11)14-7-8-17-15(10-19)18-14/h5-9,19H,10H2,1-4H3. The predicted molar refractivity (Wildman–Crippen MR) is 76.8 cm³/mol. The van der Waals surface area contributed by atoms with Crippen molar-refractivity contribution in [2.24, 2.45) is 0 Å². The van der Waals surface area contributed by atoms with Crippen LogP contribution in [-0.2, 0) is 12.0 Å². The molecule has 2 rings (SSSR count). The lowest BCUT2D eigenvalue weighted by Crippen LogP contribution is -2.11. The minimum atomic E-state index is -0.133. The Labute approximate surface area is 114 Å². The predicted octanol–water partition coefficient (Wildman–Crippen LogP) is 3.24. The highest BCUT2D eigenvalue weighted by Crippen LogP contribution is 2.29. The molecule has 3 heteroatoms. The maximum atomic E-state index is 9.14. The molecule has 0 bridgehead atoms. The van der Waals surface area contributed by atoms with E-state index in [1.54, 1.807) is 6.20 Å². The summed E-state index contributed by atoms with van der Waals surface area (Å²) in [6, 6.07) is 8.34. The van der Waals surface area contributed by atoms with E-state index in [9.17, 15) is 0 Å². The third kappa shape index (κ3) is 2.99. The van der Waals surface area contributed by atoms with Gasteiger partial charge in [0.1, 0.15) is 6.61 Å². The first-order valence-electron chi connectivity index (χ1n) is 6.46. The normalized spacial score (nSPS) is 11.6. The van der Waals surface area contributed by atoms with Crippen molar-refractivity contribution in [3.05, 3.63) is 47.4 Å². The SMILES string of the molecule is Cc1ccc(C(C)(C)C)cc1-c1ccnc(CO)n1. The number of aryl methyl sites for hydroxylation is 1. The zero-order valence-corrected chi connectivity index (χ0v) is 11.9. The van der Waals surface area contributed by atoms with Crippen molar-refractivity contribution in [1.82, 2.24) is 9.97 Å². The van der Waals surface area contributed by atoms with Crippen LogP contribution in [0.3, 0.4) is 0 Å². The van der Waals surface area contributed by atoms with Gasteiger partial charge >= 0.3 is 0 Å². The summed E-state index contributed by atoms with van der Waals surface area (Å²) < 4.78 is 0. The summed E-state index contributed by atoms with van der Waals surface area (Å²) in [6.45, 7) is 8.52. The fraction of sp³-hybridized carbons (Fsp3) is 0.375. The van der Waals surface area contributed by atoms with Crippen LogP contribution in [0.4, 0.5) is 0 Å². The van der Waals surface area contributed by atoms with Crippen LogP contribution in [0.5, 0.6) is 0 Å². The van der Waals surface area contributed by atoms with Gasteiger partial charge in [-0.3, -0.25) is 0 Å². The van der Waals surface area contributed by atoms with Crippen LogP contribution in [0.2, 0.25) is 0 Å². The number of nitrogens with zero attached hydrogens (tertiary/aromatic N) is 2. The average molecular weight is 256 g/mol. The van der Waals surface area contributed by atoms with Crippen molar-refractivity contribution in [3.8, 4) is 11.3 Å². The summed E-state index contributed by atoms with van der Waals surface area (Å²) >= 11 is 0. The molecule has 0 aliphatic carbocycles. The highest BCUT2D eigenvalue weighted by atomic mass is 16.3. The molecule has 2 aromatic rings. The molecule has 0 spiro atoms. The molecule has 0 amide bonds. The topological polar surface area (TPSA) is 46.0 Å². The number of rotatable bonds is 2. The van der Waals surface area contributed by atoms with Crippen molar-refractivity contribution < 1.29 is 5.11 Å². The molecule has 0 atom stereocenters. The first-order valence-corrected chi connectivity index (χ1v) is 6.46. The molecular formula is C16H20N2O. The Kier molecular flexibility index (Phi) is 3.67. The van der Waals surface area contributed by atoms with Crippen LogP contribution in [0.1, 0.15) is 37.7 Å². The summed E-state index contributed by atoms with van der Waals surface area (Å²) in [7, 11) is 0. The molecule has 100 valence electrons. The first kappa shape index (κ1) is 13.7. The van der Waals surface area contributed by atoms with Gasteiger partial charge in [-0.1, -0.05) is 32.9 Å². The fourth-order valence-corrected chi connectivity index (χ4v) is 1.99. The van der Waals surface area contributed by atoms with E-state index in [0.717, 1.165) is 11.3 Å². The molecule has 0 radical (unpaired) electrons.